The average molecular weight is 483 g/mol. The molecule has 7 heteroatoms. The number of benzene rings is 3. The molecule has 5 rings (SSSR count). The summed E-state index contributed by atoms with van der Waals surface area (Å²) in [6, 6.07) is 24.0. The fraction of sp³-hybridized carbons (Fsp3) is 0.207. The number of nitrogens with one attached hydrogen (secondary N) is 1. The minimum atomic E-state index is -0.335. The molecule has 0 saturated carbocycles. The van der Waals surface area contributed by atoms with Gasteiger partial charge in [-0.3, -0.25) is 9.59 Å². The van der Waals surface area contributed by atoms with E-state index in [0.29, 0.717) is 12.1 Å². The SMILES string of the molecule is C[C@H](CCc1ccccc1)NC(=O)Cn1ncc2c3ccccc3n(Cc3ccc(F)cc3)c2c1=O. The highest BCUT2D eigenvalue weighted by Gasteiger charge is 2.18. The molecule has 1 atom stereocenters. The van der Waals surface area contributed by atoms with Crippen molar-refractivity contribution in [3.8, 4) is 0 Å². The maximum absolute atomic E-state index is 13.5. The zero-order valence-electron chi connectivity index (χ0n) is 20.0. The Hall–Kier alpha value is -4.26. The van der Waals surface area contributed by atoms with Crippen LogP contribution < -0.4 is 10.9 Å². The smallest absolute Gasteiger partial charge is 0.291 e. The van der Waals surface area contributed by atoms with Gasteiger partial charge >= 0.3 is 0 Å². The van der Waals surface area contributed by atoms with Crippen LogP contribution in [0.25, 0.3) is 21.8 Å². The van der Waals surface area contributed by atoms with Gasteiger partial charge in [0.25, 0.3) is 5.56 Å². The number of aryl methyl sites for hydroxylation is 1. The van der Waals surface area contributed by atoms with Gasteiger partial charge in [0.2, 0.25) is 5.91 Å². The van der Waals surface area contributed by atoms with Gasteiger partial charge in [0.05, 0.1) is 6.20 Å². The summed E-state index contributed by atoms with van der Waals surface area (Å²) in [6.45, 7) is 2.19. The number of fused-ring (bicyclic) bond motifs is 3. The van der Waals surface area contributed by atoms with Crippen LogP contribution in [0.15, 0.2) is 89.9 Å². The minimum Gasteiger partial charge on any atom is -0.352 e. The molecule has 0 aliphatic heterocycles. The molecule has 0 bridgehead atoms. The number of halogens is 1. The number of carbonyl (C=O) groups is 1. The maximum Gasteiger partial charge on any atom is 0.291 e. The zero-order valence-corrected chi connectivity index (χ0v) is 20.0. The summed E-state index contributed by atoms with van der Waals surface area (Å²) < 4.78 is 16.6. The van der Waals surface area contributed by atoms with Crippen molar-refractivity contribution >= 4 is 27.7 Å². The summed E-state index contributed by atoms with van der Waals surface area (Å²) in [5, 5.41) is 8.92. The lowest BCUT2D eigenvalue weighted by Crippen LogP contribution is -2.38. The van der Waals surface area contributed by atoms with E-state index in [-0.39, 0.29) is 29.9 Å². The molecule has 36 heavy (non-hydrogen) atoms. The van der Waals surface area contributed by atoms with Crippen molar-refractivity contribution in [1.82, 2.24) is 19.7 Å². The molecule has 0 radical (unpaired) electrons. The lowest BCUT2D eigenvalue weighted by atomic mass is 10.1. The van der Waals surface area contributed by atoms with Gasteiger partial charge in [0.1, 0.15) is 17.9 Å². The van der Waals surface area contributed by atoms with Crippen LogP contribution >= 0.6 is 0 Å². The summed E-state index contributed by atoms with van der Waals surface area (Å²) >= 11 is 0. The van der Waals surface area contributed by atoms with E-state index < -0.39 is 0 Å². The van der Waals surface area contributed by atoms with E-state index in [4.69, 9.17) is 0 Å². The second-order valence-corrected chi connectivity index (χ2v) is 9.09. The van der Waals surface area contributed by atoms with Gasteiger partial charge in [-0.25, -0.2) is 9.07 Å². The normalized spacial score (nSPS) is 12.2. The van der Waals surface area contributed by atoms with E-state index in [0.717, 1.165) is 34.7 Å². The first-order chi connectivity index (χ1) is 17.5. The Balaban J connectivity index is 1.40. The average Bonchev–Trinajstić information content (AvgIpc) is 3.20. The second-order valence-electron chi connectivity index (χ2n) is 9.09. The Morgan fingerprint density at radius 3 is 2.44 bits per heavy atom. The highest BCUT2D eigenvalue weighted by atomic mass is 19.1. The number of nitrogens with zero attached hydrogens (tertiary/aromatic N) is 3. The summed E-state index contributed by atoms with van der Waals surface area (Å²) in [6.07, 6.45) is 3.30. The largest absolute Gasteiger partial charge is 0.352 e. The van der Waals surface area contributed by atoms with Crippen molar-refractivity contribution in [3.63, 3.8) is 0 Å². The van der Waals surface area contributed by atoms with E-state index in [9.17, 15) is 14.0 Å². The maximum atomic E-state index is 13.5. The third-order valence-electron chi connectivity index (χ3n) is 6.44. The molecule has 3 aromatic carbocycles. The Morgan fingerprint density at radius 2 is 1.67 bits per heavy atom. The van der Waals surface area contributed by atoms with Gasteiger partial charge in [0.15, 0.2) is 0 Å². The quantitative estimate of drug-likeness (QED) is 0.349. The number of hydrogen-bond acceptors (Lipinski definition) is 3. The van der Waals surface area contributed by atoms with Crippen molar-refractivity contribution in [2.75, 3.05) is 0 Å². The van der Waals surface area contributed by atoms with Crippen molar-refractivity contribution in [1.29, 1.82) is 0 Å². The lowest BCUT2D eigenvalue weighted by Gasteiger charge is -2.14. The molecular formula is C29H27FN4O2. The first-order valence-corrected chi connectivity index (χ1v) is 12.0. The van der Waals surface area contributed by atoms with Crippen LogP contribution in [0.1, 0.15) is 24.5 Å². The number of carbonyl (C=O) groups excluding carboxylic acids is 1. The van der Waals surface area contributed by atoms with Crippen LogP contribution in [0, 0.1) is 5.82 Å². The lowest BCUT2D eigenvalue weighted by molar-refractivity contribution is -0.122. The molecule has 0 fully saturated rings. The molecule has 0 unspecified atom stereocenters. The minimum absolute atomic E-state index is 0.0398. The molecule has 6 nitrogen and oxygen atoms in total. The first kappa shape index (κ1) is 23.5. The van der Waals surface area contributed by atoms with Crippen molar-refractivity contribution < 1.29 is 9.18 Å². The highest BCUT2D eigenvalue weighted by molar-refractivity contribution is 6.07. The van der Waals surface area contributed by atoms with Crippen molar-refractivity contribution in [2.45, 2.75) is 38.9 Å². The van der Waals surface area contributed by atoms with Gasteiger partial charge in [-0.2, -0.15) is 5.10 Å². The summed E-state index contributed by atoms with van der Waals surface area (Å²) in [5.74, 6) is -0.567. The van der Waals surface area contributed by atoms with Gasteiger partial charge in [0, 0.05) is 28.9 Å². The number of hydrogen-bond donors (Lipinski definition) is 1. The Morgan fingerprint density at radius 1 is 0.944 bits per heavy atom. The van der Waals surface area contributed by atoms with E-state index >= 15 is 0 Å². The van der Waals surface area contributed by atoms with Gasteiger partial charge < -0.3 is 9.88 Å². The topological polar surface area (TPSA) is 68.9 Å². The van der Waals surface area contributed by atoms with Crippen LogP contribution in [0.4, 0.5) is 4.39 Å². The van der Waals surface area contributed by atoms with E-state index in [2.05, 4.69) is 22.5 Å². The third kappa shape index (κ3) is 4.91. The van der Waals surface area contributed by atoms with Gasteiger partial charge in [-0.05, 0) is 49.1 Å². The molecule has 182 valence electrons. The molecule has 0 saturated heterocycles. The number of rotatable bonds is 8. The molecular weight excluding hydrogens is 455 g/mol. The predicted molar refractivity (Wildman–Crippen MR) is 139 cm³/mol. The second kappa shape index (κ2) is 10.2. The van der Waals surface area contributed by atoms with E-state index in [1.54, 1.807) is 18.3 Å². The molecule has 1 amide bonds. The molecule has 0 aliphatic carbocycles. The fourth-order valence-corrected chi connectivity index (χ4v) is 4.60. The van der Waals surface area contributed by atoms with E-state index in [1.165, 1.54) is 22.4 Å². The third-order valence-corrected chi connectivity index (χ3v) is 6.44. The summed E-state index contributed by atoms with van der Waals surface area (Å²) in [4.78, 5) is 26.3. The van der Waals surface area contributed by atoms with Crippen LogP contribution in [-0.2, 0) is 24.3 Å². The van der Waals surface area contributed by atoms with Crippen LogP contribution in [0.2, 0.25) is 0 Å². The first-order valence-electron chi connectivity index (χ1n) is 12.0. The standard InChI is InChI=1S/C29H27FN4O2/c1-20(11-12-21-7-3-2-4-8-21)32-27(35)19-34-29(36)28-25(17-31-34)24-9-5-6-10-26(24)33(28)18-22-13-15-23(30)16-14-22/h2-10,13-17,20H,11-12,18-19H2,1H3,(H,32,35)/t20-/m1/s1. The number of para-hydroxylation sites is 1. The van der Waals surface area contributed by atoms with Crippen LogP contribution in [0.3, 0.4) is 0 Å². The fourth-order valence-electron chi connectivity index (χ4n) is 4.60. The molecule has 0 aliphatic rings. The molecule has 2 aromatic heterocycles. The molecule has 0 spiro atoms. The Bertz CT molecular complexity index is 1570. The van der Waals surface area contributed by atoms with Crippen molar-refractivity contribution in [2.24, 2.45) is 0 Å². The van der Waals surface area contributed by atoms with Crippen LogP contribution in [0.5, 0.6) is 0 Å². The highest BCUT2D eigenvalue weighted by Crippen LogP contribution is 2.27. The Kier molecular flexibility index (Phi) is 6.62. The Labute approximate surface area is 208 Å². The van der Waals surface area contributed by atoms with Gasteiger partial charge in [-0.15, -0.1) is 0 Å². The predicted octanol–water partition coefficient (Wildman–Crippen LogP) is 4.68. The number of aromatic nitrogens is 3. The number of amides is 1. The zero-order chi connectivity index (χ0) is 25.1. The van der Waals surface area contributed by atoms with Crippen molar-refractivity contribution in [3.05, 3.63) is 112 Å². The molecule has 1 N–H and O–H groups in total. The van der Waals surface area contributed by atoms with Crippen LogP contribution in [-0.4, -0.2) is 26.3 Å². The summed E-state index contributed by atoms with van der Waals surface area (Å²) in [5.41, 5.74) is 3.11. The monoisotopic (exact) mass is 482 g/mol. The molecule has 5 aromatic rings. The van der Waals surface area contributed by atoms with E-state index in [1.807, 2.05) is 54.0 Å². The summed E-state index contributed by atoms with van der Waals surface area (Å²) in [7, 11) is 0. The van der Waals surface area contributed by atoms with Gasteiger partial charge in [-0.1, -0.05) is 60.7 Å². The molecule has 2 heterocycles.